The molecule has 0 saturated carbocycles. The molecule has 117 heavy (non-hydrogen) atoms. The quantitative estimate of drug-likeness (QED) is 0.173. The molecule has 554 valence electrons. The molecule has 6 aromatic heterocycles. The van der Waals surface area contributed by atoms with E-state index in [1.165, 1.54) is 204 Å². The number of rotatable bonds is 5. The summed E-state index contributed by atoms with van der Waals surface area (Å²) in [5.74, 6) is 0. The van der Waals surface area contributed by atoms with Crippen LogP contribution in [0.25, 0.3) is 204 Å². The Morgan fingerprint density at radius 3 is 0.846 bits per heavy atom. The minimum atomic E-state index is -0.151. The molecule has 0 N–H and O–H groups in total. The van der Waals surface area contributed by atoms with Gasteiger partial charge in [-0.1, -0.05) is 302 Å². The molecule has 23 aromatic rings. The van der Waals surface area contributed by atoms with Crippen molar-refractivity contribution in [3.63, 3.8) is 0 Å². The van der Waals surface area contributed by atoms with Gasteiger partial charge < -0.3 is 27.0 Å². The lowest BCUT2D eigenvalue weighted by atomic mass is 9.82. The Balaban J connectivity index is 0.000000101. The van der Waals surface area contributed by atoms with Crippen LogP contribution in [0.15, 0.2) is 371 Å². The highest BCUT2D eigenvalue weighted by Gasteiger charge is 2.42. The van der Waals surface area contributed by atoms with Crippen molar-refractivity contribution in [2.24, 2.45) is 0 Å². The van der Waals surface area contributed by atoms with Gasteiger partial charge in [-0.05, 0) is 169 Å². The van der Waals surface area contributed by atoms with Crippen molar-refractivity contribution in [1.82, 2.24) is 13.7 Å². The van der Waals surface area contributed by atoms with Crippen LogP contribution in [0.5, 0.6) is 0 Å². The van der Waals surface area contributed by atoms with Gasteiger partial charge in [0.15, 0.2) is 0 Å². The Bertz CT molecular complexity index is 8110. The molecule has 6 nitrogen and oxygen atoms in total. The predicted octanol–water partition coefficient (Wildman–Crippen LogP) is 30.3. The number of hydrogen-bond donors (Lipinski definition) is 0. The molecule has 0 atom stereocenters. The van der Waals surface area contributed by atoms with Crippen LogP contribution in [-0.4, -0.2) is 13.7 Å². The fourth-order valence-electron chi connectivity index (χ4n) is 20.7. The zero-order chi connectivity index (χ0) is 77.9. The SMILES string of the molecule is CC1(C)c2cc(-n3c4ccccc4c4cc(-c5ccccc5)ccc43)ccc2-c2c1ccc1c2oc2ccccc21.CC1(C)c2cc(-n3c4ccccc4c4ccc(-c5ccccc5)cc43)ccc2-c2c1ccc1c2oc2ccccc21.CC1(C)c2cc(-n3c4ccccc4c4ccccc43)ccc2-c2c1ccc1c2oc2ccccc21. The summed E-state index contributed by atoms with van der Waals surface area (Å²) in [6, 6.07) is 130. The number of benzene rings is 17. The van der Waals surface area contributed by atoms with Gasteiger partial charge in [-0.15, -0.1) is 0 Å². The molecule has 6 heteroatoms. The Kier molecular flexibility index (Phi) is 14.2. The van der Waals surface area contributed by atoms with Crippen LogP contribution in [0.3, 0.4) is 0 Å². The average Bonchev–Trinajstić information content (AvgIpc) is 1.55. The van der Waals surface area contributed by atoms with Gasteiger partial charge in [-0.2, -0.15) is 0 Å². The van der Waals surface area contributed by atoms with Crippen molar-refractivity contribution < 1.29 is 13.3 Å². The molecule has 17 aromatic carbocycles. The van der Waals surface area contributed by atoms with Gasteiger partial charge in [-0.3, -0.25) is 0 Å². The van der Waals surface area contributed by atoms with Crippen LogP contribution in [0, 0.1) is 0 Å². The topological polar surface area (TPSA) is 54.2 Å². The maximum absolute atomic E-state index is 6.51. The summed E-state index contributed by atoms with van der Waals surface area (Å²) in [5, 5.41) is 14.7. The van der Waals surface area contributed by atoms with Crippen LogP contribution in [-0.2, 0) is 16.2 Å². The summed E-state index contributed by atoms with van der Waals surface area (Å²) < 4.78 is 26.7. The fourth-order valence-corrected chi connectivity index (χ4v) is 20.7. The molecule has 26 rings (SSSR count). The third-order valence-electron chi connectivity index (χ3n) is 26.4. The van der Waals surface area contributed by atoms with Gasteiger partial charge in [0, 0.05) is 115 Å². The van der Waals surface area contributed by atoms with Crippen LogP contribution in [0.2, 0.25) is 0 Å². The maximum Gasteiger partial charge on any atom is 0.143 e. The first-order valence-corrected chi connectivity index (χ1v) is 40.8. The highest BCUT2D eigenvalue weighted by Crippen LogP contribution is 2.57. The zero-order valence-electron chi connectivity index (χ0n) is 65.6. The largest absolute Gasteiger partial charge is 0.455 e. The standard InChI is InChI=1S/2C39H27NO.C33H23NO/c1-39(2)32-20-19-29-28-13-7-9-15-36(28)41-38(29)37(32)30-18-17-26(23-33(30)39)40-34-14-8-6-12-27(34)31-22-25(16-21-35(31)40)24-10-4-3-5-11-24;1-39(2)32-21-20-30-29-13-7-9-15-36(29)41-38(30)37(32)31-19-17-26(23-33(31)39)40-34-14-8-6-12-27(34)28-18-16-25(22-35(28)40)24-10-4-3-5-11-24;1-33(2)26-18-17-24-23-11-5-8-14-30(23)35-32(24)31(26)25-16-15-20(19-27(25)33)34-28-12-6-3-9-21(28)22-10-4-7-13-29(22)34/h2*3-23H,1-2H3;3-19H,1-2H3. The van der Waals surface area contributed by atoms with E-state index in [0.717, 1.165) is 33.5 Å². The lowest BCUT2D eigenvalue weighted by Crippen LogP contribution is -2.15. The van der Waals surface area contributed by atoms with Gasteiger partial charge in [0.05, 0.1) is 33.1 Å². The van der Waals surface area contributed by atoms with Gasteiger partial charge in [0.2, 0.25) is 0 Å². The smallest absolute Gasteiger partial charge is 0.143 e. The summed E-state index contributed by atoms with van der Waals surface area (Å²) in [5.41, 5.74) is 36.8. The maximum atomic E-state index is 6.51. The van der Waals surface area contributed by atoms with Gasteiger partial charge in [0.25, 0.3) is 0 Å². The van der Waals surface area contributed by atoms with E-state index in [4.69, 9.17) is 13.3 Å². The number of hydrogen-bond acceptors (Lipinski definition) is 3. The lowest BCUT2D eigenvalue weighted by Gasteiger charge is -2.22. The van der Waals surface area contributed by atoms with E-state index in [9.17, 15) is 0 Å². The molecule has 0 spiro atoms. The Labute approximate surface area is 675 Å². The highest BCUT2D eigenvalue weighted by molar-refractivity contribution is 6.17. The molecule has 0 fully saturated rings. The third-order valence-corrected chi connectivity index (χ3v) is 26.4. The molecule has 3 aliphatic carbocycles. The van der Waals surface area contributed by atoms with Crippen LogP contribution < -0.4 is 0 Å². The number of para-hydroxylation sites is 7. The first-order valence-electron chi connectivity index (χ1n) is 40.8. The predicted molar refractivity (Wildman–Crippen MR) is 488 cm³/mol. The summed E-state index contributed by atoms with van der Waals surface area (Å²) >= 11 is 0. The lowest BCUT2D eigenvalue weighted by molar-refractivity contribution is 0.653. The van der Waals surface area contributed by atoms with Crippen molar-refractivity contribution in [3.8, 4) is 72.7 Å². The molecule has 0 bridgehead atoms. The molecular weight excluding hydrogens is 1420 g/mol. The molecule has 0 aliphatic heterocycles. The first-order chi connectivity index (χ1) is 57.3. The minimum Gasteiger partial charge on any atom is -0.455 e. The van der Waals surface area contributed by atoms with E-state index in [0.29, 0.717) is 0 Å². The second-order valence-corrected chi connectivity index (χ2v) is 33.7. The molecule has 0 saturated heterocycles. The van der Waals surface area contributed by atoms with E-state index < -0.39 is 0 Å². The summed E-state index contributed by atoms with van der Waals surface area (Å²) in [6.07, 6.45) is 0. The molecule has 0 unspecified atom stereocenters. The molecule has 0 amide bonds. The van der Waals surface area contributed by atoms with Crippen molar-refractivity contribution >= 4 is 131 Å². The highest BCUT2D eigenvalue weighted by atomic mass is 16.3. The average molecular weight is 1500 g/mol. The fraction of sp³-hybridized carbons (Fsp3) is 0.0811. The molecule has 3 aliphatic rings. The summed E-state index contributed by atoms with van der Waals surface area (Å²) in [7, 11) is 0. The van der Waals surface area contributed by atoms with Crippen molar-refractivity contribution in [1.29, 1.82) is 0 Å². The van der Waals surface area contributed by atoms with Gasteiger partial charge in [0.1, 0.15) is 33.5 Å². The van der Waals surface area contributed by atoms with Crippen molar-refractivity contribution in [2.75, 3.05) is 0 Å². The van der Waals surface area contributed by atoms with E-state index in [2.05, 4.69) is 395 Å². The van der Waals surface area contributed by atoms with Gasteiger partial charge in [-0.25, -0.2) is 0 Å². The van der Waals surface area contributed by atoms with Crippen molar-refractivity contribution in [2.45, 2.75) is 57.8 Å². The van der Waals surface area contributed by atoms with E-state index in [1.54, 1.807) is 0 Å². The summed E-state index contributed by atoms with van der Waals surface area (Å²) in [4.78, 5) is 0. The first kappa shape index (κ1) is 67.1. The van der Waals surface area contributed by atoms with Gasteiger partial charge >= 0.3 is 0 Å². The Morgan fingerprint density at radius 1 is 0.188 bits per heavy atom. The number of nitrogens with zero attached hydrogens (tertiary/aromatic N) is 3. The molecular formula is C111H77N3O3. The molecule has 6 heterocycles. The van der Waals surface area contributed by atoms with Crippen LogP contribution in [0.1, 0.15) is 74.9 Å². The third kappa shape index (κ3) is 9.67. The zero-order valence-corrected chi connectivity index (χ0v) is 65.6. The van der Waals surface area contributed by atoms with E-state index in [1.807, 2.05) is 18.2 Å². The Hall–Kier alpha value is -14.5. The normalized spacial score (nSPS) is 13.9. The van der Waals surface area contributed by atoms with Crippen molar-refractivity contribution in [3.05, 3.63) is 391 Å². The second-order valence-electron chi connectivity index (χ2n) is 33.7. The number of fused-ring (bicyclic) bond motifs is 30. The van der Waals surface area contributed by atoms with Crippen LogP contribution in [0.4, 0.5) is 0 Å². The number of aromatic nitrogens is 3. The number of furan rings is 3. The Morgan fingerprint density at radius 2 is 0.470 bits per heavy atom. The van der Waals surface area contributed by atoms with E-state index in [-0.39, 0.29) is 16.2 Å². The van der Waals surface area contributed by atoms with Crippen LogP contribution >= 0.6 is 0 Å². The minimum absolute atomic E-state index is 0.118. The monoisotopic (exact) mass is 1500 g/mol. The molecule has 0 radical (unpaired) electrons. The van der Waals surface area contributed by atoms with E-state index >= 15 is 0 Å². The second kappa shape index (κ2) is 24.8. The summed E-state index contributed by atoms with van der Waals surface area (Å²) in [6.45, 7) is 14.0.